The molecule has 0 radical (unpaired) electrons. The Kier molecular flexibility index (Phi) is 11.2. The summed E-state index contributed by atoms with van der Waals surface area (Å²) in [6, 6.07) is -2.97. The van der Waals surface area contributed by atoms with Crippen LogP contribution in [-0.4, -0.2) is 71.3 Å². The molecule has 0 aromatic carbocycles. The second kappa shape index (κ2) is 13.1. The zero-order valence-corrected chi connectivity index (χ0v) is 22.4. The molecule has 1 aliphatic heterocycles. The van der Waals surface area contributed by atoms with E-state index in [1.165, 1.54) is 11.0 Å². The van der Waals surface area contributed by atoms with E-state index in [0.29, 0.717) is 19.4 Å². The summed E-state index contributed by atoms with van der Waals surface area (Å²) < 4.78 is 5.32. The summed E-state index contributed by atoms with van der Waals surface area (Å²) in [4.78, 5) is 65.4. The summed E-state index contributed by atoms with van der Waals surface area (Å²) >= 11 is 0. The van der Waals surface area contributed by atoms with Gasteiger partial charge in [-0.3, -0.25) is 19.2 Å². The summed E-state index contributed by atoms with van der Waals surface area (Å²) in [6.45, 7) is 16.1. The smallest absolute Gasteiger partial charge is 0.408 e. The minimum Gasteiger partial charge on any atom is -0.444 e. The number of nitrogens with zero attached hydrogens (tertiary/aromatic N) is 1. The summed E-state index contributed by atoms with van der Waals surface area (Å²) in [7, 11) is 0. The van der Waals surface area contributed by atoms with Gasteiger partial charge in [-0.15, -0.1) is 18.4 Å². The Labute approximate surface area is 213 Å². The number of ketones is 1. The SMILES string of the molecule is C=CCNC(=O)C(=O)C(CC#CC)NC(=O)[C@@H]1CCCN1C(=O)[C@@H](NC(=O)OC(C)(C)C)C(C)(C)C. The van der Waals surface area contributed by atoms with Crippen LogP contribution >= 0.6 is 0 Å². The fourth-order valence-corrected chi connectivity index (χ4v) is 3.63. The highest BCUT2D eigenvalue weighted by molar-refractivity contribution is 6.38. The highest BCUT2D eigenvalue weighted by atomic mass is 16.6. The van der Waals surface area contributed by atoms with E-state index in [-0.39, 0.29) is 13.0 Å². The Balaban J connectivity index is 3.08. The van der Waals surface area contributed by atoms with Gasteiger partial charge in [0.25, 0.3) is 5.91 Å². The van der Waals surface area contributed by atoms with Crippen LogP contribution in [0.15, 0.2) is 12.7 Å². The Morgan fingerprint density at radius 1 is 1.11 bits per heavy atom. The number of carbonyl (C=O) groups excluding carboxylic acids is 5. The third-order valence-electron chi connectivity index (χ3n) is 5.36. The molecule has 1 aliphatic rings. The minimum absolute atomic E-state index is 0.0476. The third kappa shape index (κ3) is 9.36. The molecule has 10 nitrogen and oxygen atoms in total. The normalized spacial score (nSPS) is 17.1. The van der Waals surface area contributed by atoms with E-state index in [1.54, 1.807) is 48.5 Å². The minimum atomic E-state index is -1.16. The van der Waals surface area contributed by atoms with Gasteiger partial charge in [-0.05, 0) is 46.0 Å². The number of alkyl carbamates (subject to hydrolysis) is 1. The van der Waals surface area contributed by atoms with Crippen molar-refractivity contribution in [3.05, 3.63) is 12.7 Å². The largest absolute Gasteiger partial charge is 0.444 e. The molecule has 1 rings (SSSR count). The highest BCUT2D eigenvalue weighted by Crippen LogP contribution is 2.26. The van der Waals surface area contributed by atoms with Gasteiger partial charge in [-0.25, -0.2) is 4.79 Å². The van der Waals surface area contributed by atoms with Crippen LogP contribution in [0, 0.1) is 17.3 Å². The number of carbonyl (C=O) groups is 5. The van der Waals surface area contributed by atoms with Crippen molar-refractivity contribution < 1.29 is 28.7 Å². The molecule has 0 aromatic rings. The number of hydrogen-bond donors (Lipinski definition) is 3. The molecular weight excluding hydrogens is 464 g/mol. The number of rotatable bonds is 9. The number of ether oxygens (including phenoxy) is 1. The van der Waals surface area contributed by atoms with Gasteiger partial charge in [-0.1, -0.05) is 26.8 Å². The van der Waals surface area contributed by atoms with Crippen molar-refractivity contribution in [3.8, 4) is 11.8 Å². The van der Waals surface area contributed by atoms with E-state index in [9.17, 15) is 24.0 Å². The zero-order chi connectivity index (χ0) is 27.7. The zero-order valence-electron chi connectivity index (χ0n) is 22.4. The van der Waals surface area contributed by atoms with E-state index in [0.717, 1.165) is 0 Å². The van der Waals surface area contributed by atoms with Crippen molar-refractivity contribution in [2.75, 3.05) is 13.1 Å². The third-order valence-corrected chi connectivity index (χ3v) is 5.36. The fraction of sp³-hybridized carbons (Fsp3) is 0.654. The van der Waals surface area contributed by atoms with E-state index in [1.807, 2.05) is 0 Å². The monoisotopic (exact) mass is 504 g/mol. The Morgan fingerprint density at radius 2 is 1.75 bits per heavy atom. The molecule has 4 amide bonds. The quantitative estimate of drug-likeness (QED) is 0.249. The van der Waals surface area contributed by atoms with Crippen molar-refractivity contribution >= 4 is 29.6 Å². The summed E-state index contributed by atoms with van der Waals surface area (Å²) in [5.74, 6) is 2.71. The molecule has 36 heavy (non-hydrogen) atoms. The van der Waals surface area contributed by atoms with Gasteiger partial charge >= 0.3 is 6.09 Å². The molecule has 0 spiro atoms. The molecule has 0 aliphatic carbocycles. The van der Waals surface area contributed by atoms with E-state index in [2.05, 4.69) is 34.4 Å². The predicted molar refractivity (Wildman–Crippen MR) is 136 cm³/mol. The lowest BCUT2D eigenvalue weighted by Gasteiger charge is -2.36. The van der Waals surface area contributed by atoms with Crippen LogP contribution in [0.25, 0.3) is 0 Å². The van der Waals surface area contributed by atoms with Crippen LogP contribution in [0.1, 0.15) is 67.7 Å². The molecule has 1 saturated heterocycles. The maximum Gasteiger partial charge on any atom is 0.408 e. The lowest BCUT2D eigenvalue weighted by Crippen LogP contribution is -2.59. The molecular formula is C26H40N4O6. The maximum absolute atomic E-state index is 13.5. The first kappa shape index (κ1) is 30.7. The molecule has 1 fully saturated rings. The lowest BCUT2D eigenvalue weighted by molar-refractivity contribution is -0.143. The van der Waals surface area contributed by atoms with Crippen molar-refractivity contribution in [1.82, 2.24) is 20.9 Å². The number of Topliss-reactive ketones (excluding diaryl/α,β-unsaturated/α-hetero) is 1. The number of hydrogen-bond acceptors (Lipinski definition) is 6. The molecule has 0 aromatic heterocycles. The van der Waals surface area contributed by atoms with Crippen molar-refractivity contribution in [3.63, 3.8) is 0 Å². The van der Waals surface area contributed by atoms with Gasteiger partial charge in [0.1, 0.15) is 23.7 Å². The van der Waals surface area contributed by atoms with Gasteiger partial charge in [0.15, 0.2) is 0 Å². The first-order valence-corrected chi connectivity index (χ1v) is 12.0. The summed E-state index contributed by atoms with van der Waals surface area (Å²) in [5.41, 5.74) is -1.41. The first-order chi connectivity index (χ1) is 16.6. The Morgan fingerprint density at radius 3 is 2.28 bits per heavy atom. The van der Waals surface area contributed by atoms with Crippen molar-refractivity contribution in [2.45, 2.75) is 91.5 Å². The Bertz CT molecular complexity index is 919. The standard InChI is InChI=1S/C26H40N4O6/c1-9-11-13-17(19(31)22(33)27-15-10-2)28-21(32)18-14-12-16-30(18)23(34)20(25(3,4)5)29-24(35)36-26(6,7)8/h10,17-18,20H,2,12-16H2,1,3-8H3,(H,27,33)(H,28,32)(H,29,35)/t17?,18-,20+/m0/s1. The van der Waals surface area contributed by atoms with Gasteiger partial charge < -0.3 is 25.6 Å². The van der Waals surface area contributed by atoms with E-state index in [4.69, 9.17) is 4.74 Å². The highest BCUT2D eigenvalue weighted by Gasteiger charge is 2.43. The second-order valence-electron chi connectivity index (χ2n) is 10.7. The summed E-state index contributed by atoms with van der Waals surface area (Å²) in [6.07, 6.45) is 1.60. The van der Waals surface area contributed by atoms with Crippen LogP contribution in [0.3, 0.4) is 0 Å². The van der Waals surface area contributed by atoms with E-state index < -0.39 is 58.7 Å². The van der Waals surface area contributed by atoms with Gasteiger partial charge in [-0.2, -0.15) is 0 Å². The van der Waals surface area contributed by atoms with Gasteiger partial charge in [0.2, 0.25) is 17.6 Å². The first-order valence-electron chi connectivity index (χ1n) is 12.0. The van der Waals surface area contributed by atoms with Crippen LogP contribution in [0.2, 0.25) is 0 Å². The summed E-state index contributed by atoms with van der Waals surface area (Å²) in [5, 5.41) is 7.66. The van der Waals surface area contributed by atoms with Crippen molar-refractivity contribution in [2.24, 2.45) is 5.41 Å². The molecule has 0 bridgehead atoms. The van der Waals surface area contributed by atoms with E-state index >= 15 is 0 Å². The van der Waals surface area contributed by atoms with Crippen molar-refractivity contribution in [1.29, 1.82) is 0 Å². The van der Waals surface area contributed by atoms with Crippen LogP contribution in [-0.2, 0) is 23.9 Å². The van der Waals surface area contributed by atoms with Gasteiger partial charge in [0, 0.05) is 19.5 Å². The topological polar surface area (TPSA) is 134 Å². The number of amides is 4. The molecule has 3 atom stereocenters. The molecule has 10 heteroatoms. The fourth-order valence-electron chi connectivity index (χ4n) is 3.63. The predicted octanol–water partition coefficient (Wildman–Crippen LogP) is 1.69. The average molecular weight is 505 g/mol. The molecule has 200 valence electrons. The van der Waals surface area contributed by atoms with Gasteiger partial charge in [0.05, 0.1) is 0 Å². The lowest BCUT2D eigenvalue weighted by atomic mass is 9.85. The molecule has 1 heterocycles. The second-order valence-corrected chi connectivity index (χ2v) is 10.7. The molecule has 1 unspecified atom stereocenters. The van der Waals surface area contributed by atoms with Crippen LogP contribution in [0.5, 0.6) is 0 Å². The van der Waals surface area contributed by atoms with Crippen LogP contribution < -0.4 is 16.0 Å². The van der Waals surface area contributed by atoms with Crippen LogP contribution in [0.4, 0.5) is 4.79 Å². The number of likely N-dealkylation sites (tertiary alicyclic amines) is 1. The average Bonchev–Trinajstić information content (AvgIpc) is 3.25. The maximum atomic E-state index is 13.5. The molecule has 3 N–H and O–H groups in total. The molecule has 0 saturated carbocycles. The Hall–Kier alpha value is -3.35. The number of nitrogens with one attached hydrogen (secondary N) is 3.